The number of hydrogen-bond acceptors (Lipinski definition) is 18. The molecule has 0 aromatic carbocycles. The summed E-state index contributed by atoms with van der Waals surface area (Å²) in [4.78, 5) is 25.8. The summed E-state index contributed by atoms with van der Waals surface area (Å²) in [7, 11) is -9.89. The van der Waals surface area contributed by atoms with Crippen molar-refractivity contribution < 1.29 is 93.5 Å². The van der Waals surface area contributed by atoms with Crippen LogP contribution in [0.15, 0.2) is 56.4 Å². The van der Waals surface area contributed by atoms with E-state index in [4.69, 9.17) is 56.2 Å². The molecule has 2 aromatic rings. The largest absolute Gasteiger partial charge is 2.00 e. The van der Waals surface area contributed by atoms with Gasteiger partial charge in [0, 0.05) is 0 Å². The van der Waals surface area contributed by atoms with Crippen LogP contribution in [0.2, 0.25) is 0 Å². The van der Waals surface area contributed by atoms with E-state index in [1.165, 1.54) is 0 Å². The monoisotopic (exact) mass is 691 g/mol. The number of pyridine rings is 2. The number of aliphatic imine (C=N–C) groups is 4. The van der Waals surface area contributed by atoms with E-state index in [2.05, 4.69) is 29.9 Å². The van der Waals surface area contributed by atoms with Crippen molar-refractivity contribution in [3.8, 4) is 0 Å². The molecule has 0 saturated heterocycles. The summed E-state index contributed by atoms with van der Waals surface area (Å²) in [6.45, 7) is 5.38. The molecule has 4 aliphatic rings. The van der Waals surface area contributed by atoms with E-state index in [0.717, 1.165) is 22.8 Å². The minimum absolute atomic E-state index is 0. The van der Waals surface area contributed by atoms with Gasteiger partial charge in [0.2, 0.25) is 23.6 Å². The second-order valence-electron chi connectivity index (χ2n) is 7.71. The Labute approximate surface area is 258 Å². The van der Waals surface area contributed by atoms with Gasteiger partial charge in [-0.25, -0.2) is 67.2 Å². The summed E-state index contributed by atoms with van der Waals surface area (Å²) >= 11 is 0. The molecular formula is C22H22Cl2CoN6O12. The topological polar surface area (TPSA) is 297 Å². The molecule has 0 aliphatic carbocycles. The Morgan fingerprint density at radius 2 is 0.651 bits per heavy atom. The van der Waals surface area contributed by atoms with Crippen molar-refractivity contribution in [2.45, 2.75) is 0 Å². The zero-order valence-corrected chi connectivity index (χ0v) is 24.3. The molecule has 0 N–H and O–H groups in total. The van der Waals surface area contributed by atoms with E-state index in [-0.39, 0.29) is 16.8 Å². The molecule has 0 unspecified atom stereocenters. The Bertz CT molecular complexity index is 1130. The van der Waals surface area contributed by atoms with Gasteiger partial charge in [0.15, 0.2) is 0 Å². The molecule has 0 fully saturated rings. The zero-order valence-electron chi connectivity index (χ0n) is 21.8. The van der Waals surface area contributed by atoms with Crippen LogP contribution in [-0.2, 0) is 35.7 Å². The van der Waals surface area contributed by atoms with E-state index < -0.39 is 20.5 Å². The SMILES string of the molecule is [Co+2].[O-][Cl+3]([O-])([O-])[O-].[O-][Cl+3]([O-])([O-])[O-].c1cc(C2=NCCO2)nc(C2=NCCO2)c1.c1cc(C2=NCCO2)nc(C2=NCCO2)c1. The molecular weight excluding hydrogens is 670 g/mol. The van der Waals surface area contributed by atoms with Crippen molar-refractivity contribution in [2.24, 2.45) is 20.0 Å². The summed E-state index contributed by atoms with van der Waals surface area (Å²) in [5.41, 5.74) is 2.97. The first-order valence-corrected chi connectivity index (χ1v) is 14.2. The summed E-state index contributed by atoms with van der Waals surface area (Å²) in [5.74, 6) is 2.45. The normalized spacial score (nSPS) is 16.7. The average Bonchev–Trinajstić information content (AvgIpc) is 3.76. The number of hydrogen-bond donors (Lipinski definition) is 0. The molecule has 0 amide bonds. The molecule has 0 atom stereocenters. The molecule has 43 heavy (non-hydrogen) atoms. The maximum absolute atomic E-state index is 8.49. The molecule has 0 spiro atoms. The van der Waals surface area contributed by atoms with Crippen LogP contribution in [0.3, 0.4) is 0 Å². The Kier molecular flexibility index (Phi) is 14.5. The first-order valence-electron chi connectivity index (χ1n) is 11.7. The van der Waals surface area contributed by atoms with Gasteiger partial charge in [0.05, 0.1) is 26.2 Å². The number of aromatic nitrogens is 2. The molecule has 235 valence electrons. The van der Waals surface area contributed by atoms with Gasteiger partial charge in [-0.2, -0.15) is 0 Å². The van der Waals surface area contributed by atoms with Gasteiger partial charge in [-0.15, -0.1) is 20.5 Å². The van der Waals surface area contributed by atoms with Crippen LogP contribution in [0.25, 0.3) is 0 Å². The number of rotatable bonds is 4. The third-order valence-corrected chi connectivity index (χ3v) is 4.72. The molecule has 0 saturated carbocycles. The van der Waals surface area contributed by atoms with Crippen molar-refractivity contribution in [1.82, 2.24) is 9.97 Å². The van der Waals surface area contributed by atoms with Crippen LogP contribution in [0, 0.1) is 20.5 Å². The average molecular weight is 692 g/mol. The van der Waals surface area contributed by atoms with E-state index in [1.54, 1.807) is 0 Å². The Morgan fingerprint density at radius 3 is 0.814 bits per heavy atom. The first-order chi connectivity index (χ1) is 19.9. The van der Waals surface area contributed by atoms with Gasteiger partial charge >= 0.3 is 16.8 Å². The first kappa shape index (κ1) is 36.1. The number of ether oxygens (including phenoxy) is 4. The fraction of sp³-hybridized carbons (Fsp3) is 0.364. The number of halogens is 2. The van der Waals surface area contributed by atoms with Crippen LogP contribution >= 0.6 is 0 Å². The van der Waals surface area contributed by atoms with E-state index >= 15 is 0 Å². The quantitative estimate of drug-likeness (QED) is 0.288. The summed E-state index contributed by atoms with van der Waals surface area (Å²) in [6, 6.07) is 11.3. The van der Waals surface area contributed by atoms with E-state index in [9.17, 15) is 0 Å². The second kappa shape index (κ2) is 17.3. The van der Waals surface area contributed by atoms with Gasteiger partial charge in [0.25, 0.3) is 0 Å². The van der Waals surface area contributed by atoms with Crippen LogP contribution in [0.5, 0.6) is 0 Å². The third kappa shape index (κ3) is 14.3. The number of nitrogens with zero attached hydrogens (tertiary/aromatic N) is 6. The zero-order chi connectivity index (χ0) is 30.6. The maximum Gasteiger partial charge on any atom is 2.00 e. The van der Waals surface area contributed by atoms with Crippen LogP contribution < -0.4 is 37.3 Å². The Balaban J connectivity index is 0.000000226. The van der Waals surface area contributed by atoms with Crippen molar-refractivity contribution in [1.29, 1.82) is 0 Å². The van der Waals surface area contributed by atoms with E-state index in [0.29, 0.717) is 76.2 Å². The Hall–Kier alpha value is -3.05. The fourth-order valence-corrected chi connectivity index (χ4v) is 3.31. The Morgan fingerprint density at radius 1 is 0.442 bits per heavy atom. The van der Waals surface area contributed by atoms with Crippen LogP contribution in [0.4, 0.5) is 0 Å². The maximum atomic E-state index is 8.49. The van der Waals surface area contributed by atoms with Crippen molar-refractivity contribution in [2.75, 3.05) is 52.6 Å². The van der Waals surface area contributed by atoms with Crippen molar-refractivity contribution in [3.63, 3.8) is 0 Å². The van der Waals surface area contributed by atoms with Gasteiger partial charge in [0.1, 0.15) is 49.2 Å². The molecule has 1 radical (unpaired) electrons. The fourth-order valence-electron chi connectivity index (χ4n) is 3.31. The van der Waals surface area contributed by atoms with E-state index in [1.807, 2.05) is 36.4 Å². The van der Waals surface area contributed by atoms with Gasteiger partial charge < -0.3 is 18.9 Å². The molecule has 6 rings (SSSR count). The molecule has 18 nitrogen and oxygen atoms in total. The molecule has 0 bridgehead atoms. The molecule has 4 aliphatic heterocycles. The van der Waals surface area contributed by atoms with Crippen molar-refractivity contribution in [3.05, 3.63) is 59.2 Å². The minimum atomic E-state index is -4.94. The summed E-state index contributed by atoms with van der Waals surface area (Å²) < 4.78 is 89.4. The van der Waals surface area contributed by atoms with Gasteiger partial charge in [-0.1, -0.05) is 12.1 Å². The molecule has 6 heterocycles. The molecule has 2 aromatic heterocycles. The van der Waals surface area contributed by atoms with Gasteiger partial charge in [-0.05, 0) is 24.3 Å². The summed E-state index contributed by atoms with van der Waals surface area (Å²) in [6.07, 6.45) is 0. The smallest absolute Gasteiger partial charge is 0.474 e. The van der Waals surface area contributed by atoms with Crippen molar-refractivity contribution >= 4 is 23.6 Å². The van der Waals surface area contributed by atoms with Crippen LogP contribution in [0.1, 0.15) is 22.8 Å². The van der Waals surface area contributed by atoms with Crippen LogP contribution in [-0.4, -0.2) is 86.2 Å². The third-order valence-electron chi connectivity index (χ3n) is 4.72. The summed E-state index contributed by atoms with van der Waals surface area (Å²) in [5, 5.41) is 0. The second-order valence-corrected chi connectivity index (χ2v) is 9.23. The standard InChI is InChI=1S/2C11H11N3O2.2ClHO4.Co/c2*1-2-8(10-12-4-6-15-10)14-9(3-1)11-13-5-7-16-11;2*2-1(3,4)5;/h2*1-3H,4-7H2;2*(H,2,3,4,5);/q;;;;+2/p-2. The predicted octanol–water partition coefficient (Wildman–Crippen LogP) is -8.24. The predicted molar refractivity (Wildman–Crippen MR) is 118 cm³/mol. The van der Waals surface area contributed by atoms with Gasteiger partial charge in [-0.3, -0.25) is 0 Å². The molecule has 21 heteroatoms. The minimum Gasteiger partial charge on any atom is -0.474 e.